The molecule has 0 aromatic carbocycles. The van der Waals surface area contributed by atoms with Gasteiger partial charge in [0.2, 0.25) is 0 Å². The van der Waals surface area contributed by atoms with Crippen molar-refractivity contribution in [3.05, 3.63) is 12.8 Å². The molecule has 0 bridgehead atoms. The maximum Gasteiger partial charge on any atom is 0.472 e. The Labute approximate surface area is 113 Å². The lowest BCUT2D eigenvalue weighted by atomic mass is 10.5. The summed E-state index contributed by atoms with van der Waals surface area (Å²) in [6, 6.07) is 0. The van der Waals surface area contributed by atoms with Crippen molar-refractivity contribution in [3.63, 3.8) is 0 Å². The summed E-state index contributed by atoms with van der Waals surface area (Å²) in [4.78, 5) is 20.1. The number of rotatable bonds is 9. The highest BCUT2D eigenvalue weighted by Crippen LogP contribution is 2.42. The fourth-order valence-corrected chi connectivity index (χ4v) is 1.57. The van der Waals surface area contributed by atoms with Crippen molar-refractivity contribution < 1.29 is 32.5 Å². The number of nitrogens with zero attached hydrogens (tertiary/aromatic N) is 1. The van der Waals surface area contributed by atoms with Crippen LogP contribution >= 0.6 is 7.82 Å². The molecular weight excluding hydrogens is 275 g/mol. The minimum absolute atomic E-state index is 0.0923. The lowest BCUT2D eigenvalue weighted by Crippen LogP contribution is -2.37. The predicted octanol–water partition coefficient (Wildman–Crippen LogP) is 0.696. The van der Waals surface area contributed by atoms with Gasteiger partial charge in [-0.05, 0) is 6.20 Å². The van der Waals surface area contributed by atoms with Gasteiger partial charge in [0.05, 0.1) is 27.7 Å². The second-order valence-electron chi connectivity index (χ2n) is 4.63. The van der Waals surface area contributed by atoms with Gasteiger partial charge in [0, 0.05) is 0 Å². The summed E-state index contributed by atoms with van der Waals surface area (Å²) in [5.74, 6) is 0. The van der Waals surface area contributed by atoms with E-state index in [0.29, 0.717) is 11.0 Å². The lowest BCUT2D eigenvalue weighted by Gasteiger charge is -2.23. The van der Waals surface area contributed by atoms with E-state index in [1.165, 1.54) is 0 Å². The molecule has 0 aliphatic rings. The molecule has 1 atom stereocenters. The van der Waals surface area contributed by atoms with Crippen LogP contribution in [0.4, 0.5) is 4.79 Å². The fourth-order valence-electron chi connectivity index (χ4n) is 0.879. The van der Waals surface area contributed by atoms with Crippen LogP contribution in [0.1, 0.15) is 0 Å². The van der Waals surface area contributed by atoms with E-state index in [-0.39, 0.29) is 19.8 Å². The molecule has 9 heteroatoms. The molecular formula is C10H22N2O6P+. The molecule has 8 nitrogen and oxygen atoms in total. The third-order valence-electron chi connectivity index (χ3n) is 1.81. The Hall–Kier alpha value is -0.920. The number of ether oxygens (including phenoxy) is 1. The van der Waals surface area contributed by atoms with Crippen molar-refractivity contribution >= 4 is 13.9 Å². The van der Waals surface area contributed by atoms with Crippen LogP contribution in [-0.2, 0) is 18.3 Å². The maximum atomic E-state index is 11.4. The summed E-state index contributed by atoms with van der Waals surface area (Å²) in [5, 5.41) is 2.18. The molecule has 19 heavy (non-hydrogen) atoms. The molecule has 0 spiro atoms. The Bertz CT molecular complexity index is 341. The number of carbonyl (C=O) groups excluding carboxylic acids is 1. The van der Waals surface area contributed by atoms with Crippen molar-refractivity contribution in [2.75, 3.05) is 47.5 Å². The highest BCUT2D eigenvalue weighted by Gasteiger charge is 2.22. The smallest absolute Gasteiger partial charge is 0.447 e. The minimum Gasteiger partial charge on any atom is -0.447 e. The van der Waals surface area contributed by atoms with Gasteiger partial charge in [-0.25, -0.2) is 9.36 Å². The van der Waals surface area contributed by atoms with Crippen LogP contribution in [0.25, 0.3) is 0 Å². The maximum absolute atomic E-state index is 11.4. The number of phosphoric acid groups is 1. The number of quaternary nitrogens is 1. The van der Waals surface area contributed by atoms with Gasteiger partial charge in [-0.3, -0.25) is 14.4 Å². The Morgan fingerprint density at radius 1 is 1.32 bits per heavy atom. The SMILES string of the molecule is C=CNC(=O)OCCOP(=O)(O)OCC[N+](C)(C)C. The predicted molar refractivity (Wildman–Crippen MR) is 69.3 cm³/mol. The van der Waals surface area contributed by atoms with E-state index < -0.39 is 13.9 Å². The van der Waals surface area contributed by atoms with E-state index in [2.05, 4.69) is 21.2 Å². The number of carbonyl (C=O) groups is 1. The second-order valence-corrected chi connectivity index (χ2v) is 6.09. The van der Waals surface area contributed by atoms with Gasteiger partial charge in [0.1, 0.15) is 19.8 Å². The first-order chi connectivity index (χ1) is 8.66. The first-order valence-corrected chi connectivity index (χ1v) is 7.12. The van der Waals surface area contributed by atoms with Gasteiger partial charge < -0.3 is 14.1 Å². The van der Waals surface area contributed by atoms with Crippen molar-refractivity contribution in [1.29, 1.82) is 0 Å². The van der Waals surface area contributed by atoms with E-state index in [1.807, 2.05) is 21.1 Å². The molecule has 1 amide bonds. The zero-order valence-corrected chi connectivity index (χ0v) is 12.4. The summed E-state index contributed by atoms with van der Waals surface area (Å²) >= 11 is 0. The van der Waals surface area contributed by atoms with Crippen LogP contribution in [0, 0.1) is 0 Å². The molecule has 0 saturated carbocycles. The zero-order valence-electron chi connectivity index (χ0n) is 11.5. The Morgan fingerprint density at radius 2 is 1.89 bits per heavy atom. The third kappa shape index (κ3) is 11.9. The van der Waals surface area contributed by atoms with Gasteiger partial charge in [0.15, 0.2) is 0 Å². The topological polar surface area (TPSA) is 94.1 Å². The van der Waals surface area contributed by atoms with Gasteiger partial charge in [-0.15, -0.1) is 0 Å². The molecule has 112 valence electrons. The minimum atomic E-state index is -4.10. The number of likely N-dealkylation sites (N-methyl/N-ethyl adjacent to an activating group) is 1. The fraction of sp³-hybridized carbons (Fsp3) is 0.700. The third-order valence-corrected chi connectivity index (χ3v) is 2.83. The van der Waals surface area contributed by atoms with Crippen LogP contribution in [0.2, 0.25) is 0 Å². The van der Waals surface area contributed by atoms with E-state index >= 15 is 0 Å². The van der Waals surface area contributed by atoms with Gasteiger partial charge in [0.25, 0.3) is 0 Å². The normalized spacial score (nSPS) is 14.5. The average Bonchev–Trinajstić information content (AvgIpc) is 2.22. The van der Waals surface area contributed by atoms with Crippen LogP contribution < -0.4 is 5.32 Å². The quantitative estimate of drug-likeness (QED) is 0.369. The van der Waals surface area contributed by atoms with Gasteiger partial charge in [-0.2, -0.15) is 0 Å². The van der Waals surface area contributed by atoms with Gasteiger partial charge in [-0.1, -0.05) is 6.58 Å². The molecule has 0 radical (unpaired) electrons. The Kier molecular flexibility index (Phi) is 7.89. The molecule has 0 aliphatic heterocycles. The molecule has 0 saturated heterocycles. The van der Waals surface area contributed by atoms with E-state index in [1.54, 1.807) is 0 Å². The Morgan fingerprint density at radius 3 is 2.42 bits per heavy atom. The number of hydrogen-bond acceptors (Lipinski definition) is 5. The molecule has 0 aromatic heterocycles. The molecule has 2 N–H and O–H groups in total. The summed E-state index contributed by atoms with van der Waals surface area (Å²) in [6.07, 6.45) is 0.450. The number of alkyl carbamates (subject to hydrolysis) is 1. The summed E-state index contributed by atoms with van der Waals surface area (Å²) in [7, 11) is 1.69. The molecule has 0 rings (SSSR count). The number of amides is 1. The lowest BCUT2D eigenvalue weighted by molar-refractivity contribution is -0.870. The molecule has 0 fully saturated rings. The van der Waals surface area contributed by atoms with Crippen LogP contribution in [0.5, 0.6) is 0 Å². The largest absolute Gasteiger partial charge is 0.472 e. The number of hydrogen-bond donors (Lipinski definition) is 2. The first kappa shape index (κ1) is 18.1. The van der Waals surface area contributed by atoms with Crippen LogP contribution in [0.3, 0.4) is 0 Å². The molecule has 0 aliphatic carbocycles. The van der Waals surface area contributed by atoms with E-state index in [4.69, 9.17) is 4.52 Å². The van der Waals surface area contributed by atoms with Crippen LogP contribution in [-0.4, -0.2) is 63.0 Å². The molecule has 0 heterocycles. The Balaban J connectivity index is 3.76. The zero-order chi connectivity index (χ0) is 14.9. The van der Waals surface area contributed by atoms with Crippen molar-refractivity contribution in [3.8, 4) is 0 Å². The van der Waals surface area contributed by atoms with Crippen molar-refractivity contribution in [1.82, 2.24) is 5.32 Å². The van der Waals surface area contributed by atoms with Gasteiger partial charge >= 0.3 is 13.9 Å². The summed E-state index contributed by atoms with van der Waals surface area (Å²) in [5.41, 5.74) is 0. The molecule has 0 aromatic rings. The summed E-state index contributed by atoms with van der Waals surface area (Å²) < 4.78 is 26.0. The highest BCUT2D eigenvalue weighted by atomic mass is 31.2. The number of phosphoric ester groups is 1. The van der Waals surface area contributed by atoms with Crippen molar-refractivity contribution in [2.45, 2.75) is 0 Å². The monoisotopic (exact) mass is 297 g/mol. The highest BCUT2D eigenvalue weighted by molar-refractivity contribution is 7.47. The van der Waals surface area contributed by atoms with Crippen molar-refractivity contribution in [2.24, 2.45) is 0 Å². The first-order valence-electron chi connectivity index (χ1n) is 5.63. The summed E-state index contributed by atoms with van der Waals surface area (Å²) in [6.45, 7) is 3.53. The van der Waals surface area contributed by atoms with E-state index in [9.17, 15) is 14.3 Å². The van der Waals surface area contributed by atoms with E-state index in [0.717, 1.165) is 6.20 Å². The number of nitrogens with one attached hydrogen (secondary N) is 1. The average molecular weight is 297 g/mol. The van der Waals surface area contributed by atoms with Crippen LogP contribution in [0.15, 0.2) is 12.8 Å². The molecule has 1 unspecified atom stereocenters. The second kappa shape index (κ2) is 8.29. The standard InChI is InChI=1S/C10H21N2O6P/c1-5-11-10(13)16-8-9-18-19(14,15)17-7-6-12(2,3)4/h5H,1,6-9H2,2-4H3,(H-,11,13,14,15)/p+1.